The van der Waals surface area contributed by atoms with Crippen molar-refractivity contribution in [2.45, 2.75) is 25.2 Å². The molecule has 1 aromatic heterocycles. The number of carbonyl (C=O) groups is 1. The maximum absolute atomic E-state index is 11.0. The second kappa shape index (κ2) is 4.13. The van der Waals surface area contributed by atoms with Gasteiger partial charge < -0.3 is 0 Å². The Morgan fingerprint density at radius 2 is 2.00 bits per heavy atom. The summed E-state index contributed by atoms with van der Waals surface area (Å²) in [5.74, 6) is 0.436. The first-order chi connectivity index (χ1) is 8.40. The lowest BCUT2D eigenvalue weighted by atomic mass is 9.82. The molecule has 0 spiro atoms. The van der Waals surface area contributed by atoms with Crippen molar-refractivity contribution in [3.05, 3.63) is 41.7 Å². The summed E-state index contributed by atoms with van der Waals surface area (Å²) < 4.78 is 1.80. The van der Waals surface area contributed by atoms with Crippen LogP contribution in [-0.4, -0.2) is 21.3 Å². The van der Waals surface area contributed by atoms with Gasteiger partial charge in [-0.15, -0.1) is 5.10 Å². The Morgan fingerprint density at radius 1 is 1.24 bits per heavy atom. The molecule has 4 nitrogen and oxygen atoms in total. The maximum atomic E-state index is 11.0. The van der Waals surface area contributed by atoms with E-state index in [1.165, 1.54) is 6.42 Å². The molecular formula is C13H13N3O. The lowest BCUT2D eigenvalue weighted by molar-refractivity contribution is 0.111. The quantitative estimate of drug-likeness (QED) is 0.756. The topological polar surface area (TPSA) is 47.8 Å². The van der Waals surface area contributed by atoms with E-state index < -0.39 is 0 Å². The molecule has 1 fully saturated rings. The highest BCUT2D eigenvalue weighted by atomic mass is 16.1. The van der Waals surface area contributed by atoms with Gasteiger partial charge in [0.2, 0.25) is 0 Å². The van der Waals surface area contributed by atoms with E-state index in [1.807, 2.05) is 30.3 Å². The second-order valence-electron chi connectivity index (χ2n) is 4.35. The number of hydrogen-bond donors (Lipinski definition) is 0. The molecule has 0 amide bonds. The molecule has 17 heavy (non-hydrogen) atoms. The zero-order valence-electron chi connectivity index (χ0n) is 9.41. The van der Waals surface area contributed by atoms with Crippen molar-refractivity contribution in [3.8, 4) is 5.69 Å². The van der Waals surface area contributed by atoms with Gasteiger partial charge in [-0.3, -0.25) is 4.79 Å². The summed E-state index contributed by atoms with van der Waals surface area (Å²) in [4.78, 5) is 11.0. The minimum atomic E-state index is 0.436. The summed E-state index contributed by atoms with van der Waals surface area (Å²) in [7, 11) is 0. The number of benzene rings is 1. The third-order valence-electron chi connectivity index (χ3n) is 3.34. The zero-order chi connectivity index (χ0) is 11.7. The SMILES string of the molecule is O=Cc1nnn(-c2ccccc2)c1C1CCC1. The normalized spacial score (nSPS) is 15.5. The number of para-hydroxylation sites is 1. The first-order valence-corrected chi connectivity index (χ1v) is 5.86. The number of carbonyl (C=O) groups excluding carboxylic acids is 1. The summed E-state index contributed by atoms with van der Waals surface area (Å²) in [5, 5.41) is 8.05. The minimum absolute atomic E-state index is 0.436. The van der Waals surface area contributed by atoms with Crippen LogP contribution < -0.4 is 0 Å². The minimum Gasteiger partial charge on any atom is -0.296 e. The molecule has 1 heterocycles. The highest BCUT2D eigenvalue weighted by Crippen LogP contribution is 2.37. The van der Waals surface area contributed by atoms with Crippen LogP contribution in [0, 0.1) is 0 Å². The van der Waals surface area contributed by atoms with E-state index in [9.17, 15) is 4.79 Å². The first-order valence-electron chi connectivity index (χ1n) is 5.86. The maximum Gasteiger partial charge on any atom is 0.172 e. The predicted molar refractivity (Wildman–Crippen MR) is 63.3 cm³/mol. The van der Waals surface area contributed by atoms with E-state index in [4.69, 9.17) is 0 Å². The van der Waals surface area contributed by atoms with Crippen molar-refractivity contribution in [2.75, 3.05) is 0 Å². The molecule has 0 aliphatic heterocycles. The molecule has 1 aliphatic rings. The van der Waals surface area contributed by atoms with Crippen molar-refractivity contribution in [3.63, 3.8) is 0 Å². The molecule has 0 bridgehead atoms. The highest BCUT2D eigenvalue weighted by molar-refractivity contribution is 5.74. The molecule has 2 aromatic rings. The van der Waals surface area contributed by atoms with Gasteiger partial charge in [-0.25, -0.2) is 4.68 Å². The monoisotopic (exact) mass is 227 g/mol. The molecule has 0 unspecified atom stereocenters. The third kappa shape index (κ3) is 1.65. The number of rotatable bonds is 3. The van der Waals surface area contributed by atoms with Gasteiger partial charge in [-0.1, -0.05) is 29.8 Å². The van der Waals surface area contributed by atoms with Crippen molar-refractivity contribution in [1.82, 2.24) is 15.0 Å². The average Bonchev–Trinajstić information content (AvgIpc) is 2.72. The summed E-state index contributed by atoms with van der Waals surface area (Å²) >= 11 is 0. The van der Waals surface area contributed by atoms with Gasteiger partial charge >= 0.3 is 0 Å². The smallest absolute Gasteiger partial charge is 0.172 e. The number of aldehydes is 1. The molecule has 0 N–H and O–H groups in total. The van der Waals surface area contributed by atoms with E-state index in [2.05, 4.69) is 10.3 Å². The number of aromatic nitrogens is 3. The molecular weight excluding hydrogens is 214 g/mol. The van der Waals surface area contributed by atoms with Gasteiger partial charge in [0.25, 0.3) is 0 Å². The van der Waals surface area contributed by atoms with Crippen molar-refractivity contribution < 1.29 is 4.79 Å². The standard InChI is InChI=1S/C13H13N3O/c17-9-12-13(10-5-4-6-10)16(15-14-12)11-7-2-1-3-8-11/h1-3,7-10H,4-6H2. The Kier molecular flexibility index (Phi) is 2.48. The van der Waals surface area contributed by atoms with Crippen LogP contribution in [0.4, 0.5) is 0 Å². The molecule has 0 saturated heterocycles. The second-order valence-corrected chi connectivity index (χ2v) is 4.35. The van der Waals surface area contributed by atoms with Gasteiger partial charge in [0.05, 0.1) is 11.4 Å². The van der Waals surface area contributed by atoms with Crippen LogP contribution in [-0.2, 0) is 0 Å². The Morgan fingerprint density at radius 3 is 2.59 bits per heavy atom. The van der Waals surface area contributed by atoms with E-state index >= 15 is 0 Å². The van der Waals surface area contributed by atoms with Crippen molar-refractivity contribution >= 4 is 6.29 Å². The zero-order valence-corrected chi connectivity index (χ0v) is 9.41. The average molecular weight is 227 g/mol. The summed E-state index contributed by atoms with van der Waals surface area (Å²) in [5.41, 5.74) is 2.42. The van der Waals surface area contributed by atoms with Gasteiger partial charge in [-0.2, -0.15) is 0 Å². The molecule has 4 heteroatoms. The summed E-state index contributed by atoms with van der Waals surface area (Å²) in [6, 6.07) is 9.84. The Bertz CT molecular complexity index is 529. The van der Waals surface area contributed by atoms with Crippen LogP contribution in [0.1, 0.15) is 41.4 Å². The highest BCUT2D eigenvalue weighted by Gasteiger charge is 2.27. The summed E-state index contributed by atoms with van der Waals surface area (Å²) in [6.07, 6.45) is 4.28. The van der Waals surface area contributed by atoms with Crippen LogP contribution in [0.15, 0.2) is 30.3 Å². The molecule has 1 aromatic carbocycles. The van der Waals surface area contributed by atoms with Crippen LogP contribution in [0.5, 0.6) is 0 Å². The van der Waals surface area contributed by atoms with Crippen LogP contribution in [0.3, 0.4) is 0 Å². The van der Waals surface area contributed by atoms with Crippen molar-refractivity contribution in [2.24, 2.45) is 0 Å². The molecule has 1 aliphatic carbocycles. The Labute approximate surface area is 99.3 Å². The lowest BCUT2D eigenvalue weighted by Gasteiger charge is -2.25. The Hall–Kier alpha value is -1.97. The fraction of sp³-hybridized carbons (Fsp3) is 0.308. The van der Waals surface area contributed by atoms with E-state index in [1.54, 1.807) is 4.68 Å². The predicted octanol–water partition coefficient (Wildman–Crippen LogP) is 2.35. The largest absolute Gasteiger partial charge is 0.296 e. The fourth-order valence-electron chi connectivity index (χ4n) is 2.21. The van der Waals surface area contributed by atoms with E-state index in [0.29, 0.717) is 11.6 Å². The first kappa shape index (κ1) is 10.2. The van der Waals surface area contributed by atoms with Crippen LogP contribution >= 0.6 is 0 Å². The van der Waals surface area contributed by atoms with Gasteiger partial charge in [0, 0.05) is 5.92 Å². The molecule has 0 radical (unpaired) electrons. The third-order valence-corrected chi connectivity index (χ3v) is 3.34. The van der Waals surface area contributed by atoms with Crippen LogP contribution in [0.25, 0.3) is 5.69 Å². The Balaban J connectivity index is 2.10. The number of nitrogens with zero attached hydrogens (tertiary/aromatic N) is 3. The molecule has 3 rings (SSSR count). The molecule has 1 saturated carbocycles. The van der Waals surface area contributed by atoms with E-state index in [0.717, 1.165) is 30.5 Å². The summed E-state index contributed by atoms with van der Waals surface area (Å²) in [6.45, 7) is 0. The number of hydrogen-bond acceptors (Lipinski definition) is 3. The van der Waals surface area contributed by atoms with Gasteiger partial charge in [0.15, 0.2) is 6.29 Å². The van der Waals surface area contributed by atoms with Gasteiger partial charge in [-0.05, 0) is 25.0 Å². The van der Waals surface area contributed by atoms with Crippen molar-refractivity contribution in [1.29, 1.82) is 0 Å². The molecule has 0 atom stereocenters. The lowest BCUT2D eigenvalue weighted by Crippen LogP contribution is -2.15. The van der Waals surface area contributed by atoms with Gasteiger partial charge in [0.1, 0.15) is 5.69 Å². The molecule has 86 valence electrons. The van der Waals surface area contributed by atoms with Crippen LogP contribution in [0.2, 0.25) is 0 Å². The van der Waals surface area contributed by atoms with E-state index in [-0.39, 0.29) is 0 Å². The fourth-order valence-corrected chi connectivity index (χ4v) is 2.21.